The van der Waals surface area contributed by atoms with Crippen molar-refractivity contribution in [3.05, 3.63) is 71.8 Å². The van der Waals surface area contributed by atoms with Crippen LogP contribution in [-0.2, 0) is 10.0 Å². The van der Waals surface area contributed by atoms with E-state index in [-0.39, 0.29) is 10.6 Å². The van der Waals surface area contributed by atoms with Crippen LogP contribution in [0.4, 0.5) is 11.4 Å². The number of phenolic OH excluding ortho intramolecular Hbond substituents is 1. The molecule has 0 saturated carbocycles. The number of aromatic hydroxyl groups is 1. The van der Waals surface area contributed by atoms with Crippen LogP contribution in [0.1, 0.15) is 22.3 Å². The van der Waals surface area contributed by atoms with Gasteiger partial charge < -0.3 is 19.9 Å². The first-order valence-corrected chi connectivity index (χ1v) is 11.4. The van der Waals surface area contributed by atoms with Crippen molar-refractivity contribution in [3.63, 3.8) is 0 Å². The van der Waals surface area contributed by atoms with Crippen molar-refractivity contribution in [2.45, 2.75) is 18.2 Å². The van der Waals surface area contributed by atoms with Gasteiger partial charge in [0.1, 0.15) is 5.75 Å². The van der Waals surface area contributed by atoms with Crippen molar-refractivity contribution >= 4 is 27.3 Å². The van der Waals surface area contributed by atoms with Gasteiger partial charge in [-0.1, -0.05) is 6.07 Å². The molecule has 0 saturated heterocycles. The van der Waals surface area contributed by atoms with Gasteiger partial charge in [0.25, 0.3) is 15.9 Å². The smallest absolute Gasteiger partial charge is 0.262 e. The number of fused-ring (bicyclic) bond motifs is 1. The maximum atomic E-state index is 12.8. The quantitative estimate of drug-likeness (QED) is 0.504. The van der Waals surface area contributed by atoms with E-state index in [0.29, 0.717) is 41.7 Å². The Morgan fingerprint density at radius 2 is 1.66 bits per heavy atom. The standard InChI is InChI=1S/C23H22N2O6S/c1-15-3-9-19(20(26)13-15)24-23(27)16-4-6-17(7-5-16)25-32(28,29)18-8-10-21-22(14-18)31-12-2-11-30-21/h3-10,13-14,25-26H,2,11-12H2,1H3,(H,24,27). The van der Waals surface area contributed by atoms with Crippen molar-refractivity contribution in [3.8, 4) is 17.2 Å². The van der Waals surface area contributed by atoms with E-state index >= 15 is 0 Å². The zero-order valence-corrected chi connectivity index (χ0v) is 18.1. The van der Waals surface area contributed by atoms with Gasteiger partial charge in [0, 0.05) is 23.7 Å². The third kappa shape index (κ3) is 4.78. The van der Waals surface area contributed by atoms with Crippen LogP contribution in [0.15, 0.2) is 65.6 Å². The third-order valence-corrected chi connectivity index (χ3v) is 6.21. The molecule has 32 heavy (non-hydrogen) atoms. The molecule has 0 atom stereocenters. The largest absolute Gasteiger partial charge is 0.506 e. The minimum atomic E-state index is -3.87. The van der Waals surface area contributed by atoms with E-state index in [1.807, 2.05) is 6.92 Å². The van der Waals surface area contributed by atoms with Crippen molar-refractivity contribution in [2.24, 2.45) is 0 Å². The fourth-order valence-corrected chi connectivity index (χ4v) is 4.23. The second-order valence-electron chi connectivity index (χ2n) is 7.32. The predicted molar refractivity (Wildman–Crippen MR) is 120 cm³/mol. The number of anilines is 2. The molecular formula is C23H22N2O6S. The molecule has 9 heteroatoms. The maximum Gasteiger partial charge on any atom is 0.262 e. The van der Waals surface area contributed by atoms with Crippen molar-refractivity contribution < 1.29 is 27.8 Å². The molecule has 4 rings (SSSR count). The van der Waals surface area contributed by atoms with Gasteiger partial charge in [-0.25, -0.2) is 8.42 Å². The van der Waals surface area contributed by atoms with Crippen LogP contribution in [0.5, 0.6) is 17.2 Å². The molecule has 1 amide bonds. The molecule has 8 nitrogen and oxygen atoms in total. The highest BCUT2D eigenvalue weighted by atomic mass is 32.2. The van der Waals surface area contributed by atoms with E-state index in [9.17, 15) is 18.3 Å². The molecule has 0 aromatic heterocycles. The molecule has 0 fully saturated rings. The Kier molecular flexibility index (Phi) is 5.91. The number of carbonyl (C=O) groups is 1. The topological polar surface area (TPSA) is 114 Å². The fraction of sp³-hybridized carbons (Fsp3) is 0.174. The van der Waals surface area contributed by atoms with Gasteiger partial charge in [-0.15, -0.1) is 0 Å². The summed E-state index contributed by atoms with van der Waals surface area (Å²) in [5.74, 6) is 0.438. The zero-order chi connectivity index (χ0) is 22.7. The van der Waals surface area contributed by atoms with Gasteiger partial charge in [-0.2, -0.15) is 0 Å². The summed E-state index contributed by atoms with van der Waals surface area (Å²) in [4.78, 5) is 12.5. The summed E-state index contributed by atoms with van der Waals surface area (Å²) in [6.07, 6.45) is 0.721. The van der Waals surface area contributed by atoms with E-state index < -0.39 is 15.9 Å². The maximum absolute atomic E-state index is 12.8. The summed E-state index contributed by atoms with van der Waals surface area (Å²) in [6.45, 7) is 2.80. The van der Waals surface area contributed by atoms with E-state index in [1.165, 1.54) is 36.4 Å². The van der Waals surface area contributed by atoms with Crippen LogP contribution in [0.2, 0.25) is 0 Å². The third-order valence-electron chi connectivity index (χ3n) is 4.83. The van der Waals surface area contributed by atoms with Crippen LogP contribution in [0, 0.1) is 6.92 Å². The monoisotopic (exact) mass is 454 g/mol. The molecule has 0 unspecified atom stereocenters. The summed E-state index contributed by atoms with van der Waals surface area (Å²) in [6, 6.07) is 15.3. The minimum absolute atomic E-state index is 0.0298. The van der Waals surface area contributed by atoms with Crippen LogP contribution in [0.3, 0.4) is 0 Å². The Balaban J connectivity index is 1.47. The highest BCUT2D eigenvalue weighted by molar-refractivity contribution is 7.92. The zero-order valence-electron chi connectivity index (χ0n) is 17.3. The molecule has 3 aromatic carbocycles. The molecule has 0 radical (unpaired) electrons. The lowest BCUT2D eigenvalue weighted by molar-refractivity contribution is 0.102. The second kappa shape index (κ2) is 8.80. The first-order valence-electron chi connectivity index (χ1n) is 9.95. The number of carbonyl (C=O) groups excluding carboxylic acids is 1. The van der Waals surface area contributed by atoms with Gasteiger partial charge in [-0.3, -0.25) is 9.52 Å². The average Bonchev–Trinajstić information content (AvgIpc) is 3.01. The summed E-state index contributed by atoms with van der Waals surface area (Å²) in [5, 5.41) is 12.6. The Bertz CT molecular complexity index is 1260. The van der Waals surface area contributed by atoms with Crippen LogP contribution in [0.25, 0.3) is 0 Å². The van der Waals surface area contributed by atoms with Crippen molar-refractivity contribution in [1.29, 1.82) is 0 Å². The number of hydrogen-bond acceptors (Lipinski definition) is 6. The molecule has 166 valence electrons. The number of rotatable bonds is 5. The Morgan fingerprint density at radius 3 is 2.38 bits per heavy atom. The number of benzene rings is 3. The average molecular weight is 455 g/mol. The SMILES string of the molecule is Cc1ccc(NC(=O)c2ccc(NS(=O)(=O)c3ccc4c(c3)OCCCO4)cc2)c(O)c1. The van der Waals surface area contributed by atoms with E-state index in [0.717, 1.165) is 12.0 Å². The Labute approximate surface area is 185 Å². The number of nitrogens with one attached hydrogen (secondary N) is 2. The summed E-state index contributed by atoms with van der Waals surface area (Å²) >= 11 is 0. The van der Waals surface area contributed by atoms with Crippen molar-refractivity contribution in [1.82, 2.24) is 0 Å². The highest BCUT2D eigenvalue weighted by Crippen LogP contribution is 2.32. The van der Waals surface area contributed by atoms with Gasteiger partial charge in [0.2, 0.25) is 0 Å². The Hall–Kier alpha value is -3.72. The van der Waals surface area contributed by atoms with Crippen LogP contribution in [-0.4, -0.2) is 32.6 Å². The lowest BCUT2D eigenvalue weighted by Gasteiger charge is -2.12. The molecule has 1 heterocycles. The molecule has 0 spiro atoms. The lowest BCUT2D eigenvalue weighted by Crippen LogP contribution is -2.14. The van der Waals surface area contributed by atoms with Crippen molar-refractivity contribution in [2.75, 3.05) is 23.3 Å². The molecule has 1 aliphatic rings. The summed E-state index contributed by atoms with van der Waals surface area (Å²) in [5.41, 5.74) is 1.76. The van der Waals surface area contributed by atoms with Gasteiger partial charge in [-0.05, 0) is 61.0 Å². The summed E-state index contributed by atoms with van der Waals surface area (Å²) in [7, 11) is -3.87. The summed E-state index contributed by atoms with van der Waals surface area (Å²) < 4.78 is 39.2. The molecular weight excluding hydrogens is 432 g/mol. The number of ether oxygens (including phenoxy) is 2. The molecule has 0 aliphatic carbocycles. The van der Waals surface area contributed by atoms with E-state index in [2.05, 4.69) is 10.0 Å². The number of amides is 1. The predicted octanol–water partition coefficient (Wildman–Crippen LogP) is 3.92. The fourth-order valence-electron chi connectivity index (χ4n) is 3.16. The number of hydrogen-bond donors (Lipinski definition) is 3. The molecule has 1 aliphatic heterocycles. The van der Waals surface area contributed by atoms with E-state index in [4.69, 9.17) is 9.47 Å². The van der Waals surface area contributed by atoms with Gasteiger partial charge in [0.15, 0.2) is 11.5 Å². The van der Waals surface area contributed by atoms with Gasteiger partial charge in [0.05, 0.1) is 23.8 Å². The Morgan fingerprint density at radius 1 is 0.938 bits per heavy atom. The first-order chi connectivity index (χ1) is 15.3. The minimum Gasteiger partial charge on any atom is -0.506 e. The first kappa shape index (κ1) is 21.5. The number of aryl methyl sites for hydroxylation is 1. The van der Waals surface area contributed by atoms with Gasteiger partial charge >= 0.3 is 0 Å². The highest BCUT2D eigenvalue weighted by Gasteiger charge is 2.19. The van der Waals surface area contributed by atoms with Crippen LogP contribution >= 0.6 is 0 Å². The number of phenols is 1. The second-order valence-corrected chi connectivity index (χ2v) is 9.00. The molecule has 3 aromatic rings. The lowest BCUT2D eigenvalue weighted by atomic mass is 10.1. The van der Waals surface area contributed by atoms with Crippen LogP contribution < -0.4 is 19.5 Å². The molecule has 3 N–H and O–H groups in total. The number of sulfonamides is 1. The van der Waals surface area contributed by atoms with E-state index in [1.54, 1.807) is 24.3 Å². The normalized spacial score (nSPS) is 13.2. The molecule has 0 bridgehead atoms.